The lowest BCUT2D eigenvalue weighted by Gasteiger charge is -2.03. The van der Waals surface area contributed by atoms with Crippen LogP contribution in [-0.2, 0) is 10.5 Å². The number of carbonyl (C=O) groups excluding carboxylic acids is 1. The van der Waals surface area contributed by atoms with Crippen molar-refractivity contribution >= 4 is 44.4 Å². The molecule has 3 nitrogen and oxygen atoms in total. The average Bonchev–Trinajstić information content (AvgIpc) is 2.90. The molecule has 0 atom stereocenters. The minimum Gasteiger partial charge on any atom is -0.301 e. The Morgan fingerprint density at radius 2 is 1.87 bits per heavy atom. The Kier molecular flexibility index (Phi) is 4.98. The predicted molar refractivity (Wildman–Crippen MR) is 100 cm³/mol. The lowest BCUT2D eigenvalue weighted by atomic mass is 10.2. The molecular weight excluding hydrogens is 324 g/mol. The van der Waals surface area contributed by atoms with Crippen molar-refractivity contribution in [2.45, 2.75) is 19.6 Å². The van der Waals surface area contributed by atoms with Gasteiger partial charge in [-0.1, -0.05) is 47.2 Å². The molecule has 0 unspecified atom stereocenters. The number of carbonyl (C=O) groups is 1. The summed E-state index contributed by atoms with van der Waals surface area (Å²) in [7, 11) is 0. The van der Waals surface area contributed by atoms with E-state index in [1.54, 1.807) is 11.8 Å². The van der Waals surface area contributed by atoms with Gasteiger partial charge < -0.3 is 5.32 Å². The summed E-state index contributed by atoms with van der Waals surface area (Å²) < 4.78 is 1.10. The molecule has 1 aromatic heterocycles. The van der Waals surface area contributed by atoms with Gasteiger partial charge in [-0.05, 0) is 37.1 Å². The number of aryl methyl sites for hydroxylation is 2. The van der Waals surface area contributed by atoms with E-state index in [1.807, 2.05) is 12.1 Å². The summed E-state index contributed by atoms with van der Waals surface area (Å²) in [6.45, 7) is 4.13. The molecule has 3 rings (SSSR count). The van der Waals surface area contributed by atoms with E-state index in [1.165, 1.54) is 28.0 Å². The molecule has 0 aliphatic carbocycles. The minimum absolute atomic E-state index is 0.00195. The number of amides is 1. The van der Waals surface area contributed by atoms with Crippen molar-refractivity contribution in [2.75, 3.05) is 11.1 Å². The fourth-order valence-electron chi connectivity index (χ4n) is 2.19. The minimum atomic E-state index is -0.00195. The van der Waals surface area contributed by atoms with E-state index in [-0.39, 0.29) is 5.91 Å². The van der Waals surface area contributed by atoms with Crippen molar-refractivity contribution in [3.05, 3.63) is 59.2 Å². The van der Waals surface area contributed by atoms with Gasteiger partial charge in [0, 0.05) is 5.75 Å². The van der Waals surface area contributed by atoms with Crippen LogP contribution in [-0.4, -0.2) is 16.6 Å². The van der Waals surface area contributed by atoms with Crippen LogP contribution in [0.2, 0.25) is 0 Å². The van der Waals surface area contributed by atoms with E-state index in [2.05, 4.69) is 54.5 Å². The summed E-state index contributed by atoms with van der Waals surface area (Å²) in [6, 6.07) is 14.5. The number of nitrogens with one attached hydrogen (secondary N) is 1. The van der Waals surface area contributed by atoms with Gasteiger partial charge in [0.25, 0.3) is 0 Å². The van der Waals surface area contributed by atoms with Crippen LogP contribution >= 0.6 is 23.1 Å². The van der Waals surface area contributed by atoms with Gasteiger partial charge in [-0.2, -0.15) is 0 Å². The molecule has 118 valence electrons. The molecule has 1 N–H and O–H groups in total. The summed E-state index contributed by atoms with van der Waals surface area (Å²) in [6.07, 6.45) is 0. The quantitative estimate of drug-likeness (QED) is 0.725. The number of anilines is 1. The highest BCUT2D eigenvalue weighted by atomic mass is 32.2. The molecule has 0 saturated heterocycles. The first-order valence-corrected chi connectivity index (χ1v) is 9.37. The Hall–Kier alpha value is -1.85. The molecule has 0 bridgehead atoms. The van der Waals surface area contributed by atoms with E-state index >= 15 is 0 Å². The van der Waals surface area contributed by atoms with Crippen LogP contribution in [0.4, 0.5) is 5.13 Å². The molecule has 2 aromatic carbocycles. The van der Waals surface area contributed by atoms with Crippen molar-refractivity contribution in [1.29, 1.82) is 0 Å². The number of fused-ring (bicyclic) bond motifs is 1. The number of hydrogen-bond acceptors (Lipinski definition) is 4. The molecule has 0 aliphatic rings. The maximum Gasteiger partial charge on any atom is 0.236 e. The topological polar surface area (TPSA) is 42.0 Å². The Labute approximate surface area is 144 Å². The number of benzene rings is 2. The standard InChI is InChI=1S/C18H18N2OS2/c1-12-3-6-14(7-4-12)10-22-11-17(21)20-18-19-15-8-5-13(2)9-16(15)23-18/h3-9H,10-11H2,1-2H3,(H,19,20,21). The van der Waals surface area contributed by atoms with Crippen LogP contribution in [0.5, 0.6) is 0 Å². The summed E-state index contributed by atoms with van der Waals surface area (Å²) in [5.74, 6) is 1.27. The van der Waals surface area contributed by atoms with Gasteiger partial charge >= 0.3 is 0 Å². The lowest BCUT2D eigenvalue weighted by molar-refractivity contribution is -0.113. The van der Waals surface area contributed by atoms with Gasteiger partial charge in [-0.25, -0.2) is 4.98 Å². The number of aromatic nitrogens is 1. The van der Waals surface area contributed by atoms with Crippen LogP contribution in [0.25, 0.3) is 10.2 Å². The van der Waals surface area contributed by atoms with Crippen molar-refractivity contribution in [3.8, 4) is 0 Å². The van der Waals surface area contributed by atoms with E-state index < -0.39 is 0 Å². The molecule has 1 heterocycles. The van der Waals surface area contributed by atoms with Gasteiger partial charge in [-0.15, -0.1) is 11.8 Å². The molecule has 23 heavy (non-hydrogen) atoms. The smallest absolute Gasteiger partial charge is 0.236 e. The second-order valence-electron chi connectivity index (χ2n) is 5.52. The van der Waals surface area contributed by atoms with Crippen molar-refractivity contribution in [2.24, 2.45) is 0 Å². The molecule has 0 radical (unpaired) electrons. The number of thioether (sulfide) groups is 1. The van der Waals surface area contributed by atoms with E-state index in [9.17, 15) is 4.79 Å². The van der Waals surface area contributed by atoms with Crippen molar-refractivity contribution in [3.63, 3.8) is 0 Å². The third-order valence-corrected chi connectivity index (χ3v) is 5.35. The number of rotatable bonds is 5. The SMILES string of the molecule is Cc1ccc(CSCC(=O)Nc2nc3ccc(C)cc3s2)cc1. The molecule has 1 amide bonds. The second kappa shape index (κ2) is 7.15. The third kappa shape index (κ3) is 4.33. The number of nitrogens with zero attached hydrogens (tertiary/aromatic N) is 1. The monoisotopic (exact) mass is 342 g/mol. The summed E-state index contributed by atoms with van der Waals surface area (Å²) in [5.41, 5.74) is 4.63. The highest BCUT2D eigenvalue weighted by Crippen LogP contribution is 2.26. The Morgan fingerprint density at radius 1 is 1.13 bits per heavy atom. The van der Waals surface area contributed by atoms with E-state index in [4.69, 9.17) is 0 Å². The fraction of sp³-hybridized carbons (Fsp3) is 0.222. The molecule has 0 fully saturated rings. The Balaban J connectivity index is 1.53. The largest absolute Gasteiger partial charge is 0.301 e. The zero-order valence-corrected chi connectivity index (χ0v) is 14.8. The van der Waals surface area contributed by atoms with Crippen molar-refractivity contribution < 1.29 is 4.79 Å². The highest BCUT2D eigenvalue weighted by molar-refractivity contribution is 7.99. The molecule has 0 saturated carbocycles. The van der Waals surface area contributed by atoms with Gasteiger partial charge in [0.15, 0.2) is 5.13 Å². The summed E-state index contributed by atoms with van der Waals surface area (Å²) >= 11 is 3.13. The Morgan fingerprint density at radius 3 is 2.65 bits per heavy atom. The first kappa shape index (κ1) is 16.0. The molecule has 0 spiro atoms. The molecular formula is C18H18N2OS2. The predicted octanol–water partition coefficient (Wildman–Crippen LogP) is 4.79. The Bertz CT molecular complexity index is 825. The van der Waals surface area contributed by atoms with Crippen LogP contribution in [0.1, 0.15) is 16.7 Å². The number of hydrogen-bond donors (Lipinski definition) is 1. The van der Waals surface area contributed by atoms with E-state index in [0.29, 0.717) is 10.9 Å². The second-order valence-corrected chi connectivity index (χ2v) is 7.53. The molecule has 0 aliphatic heterocycles. The summed E-state index contributed by atoms with van der Waals surface area (Å²) in [5, 5.41) is 3.57. The van der Waals surface area contributed by atoms with Gasteiger partial charge in [0.1, 0.15) is 0 Å². The van der Waals surface area contributed by atoms with Crippen LogP contribution in [0.15, 0.2) is 42.5 Å². The molecule has 3 aromatic rings. The van der Waals surface area contributed by atoms with Crippen LogP contribution < -0.4 is 5.32 Å². The summed E-state index contributed by atoms with van der Waals surface area (Å²) in [4.78, 5) is 16.5. The lowest BCUT2D eigenvalue weighted by Crippen LogP contribution is -2.13. The van der Waals surface area contributed by atoms with Crippen LogP contribution in [0.3, 0.4) is 0 Å². The van der Waals surface area contributed by atoms with Crippen LogP contribution in [0, 0.1) is 13.8 Å². The van der Waals surface area contributed by atoms with Gasteiger partial charge in [0.2, 0.25) is 5.91 Å². The average molecular weight is 342 g/mol. The first-order chi connectivity index (χ1) is 11.1. The number of thiazole rings is 1. The molecule has 5 heteroatoms. The van der Waals surface area contributed by atoms with Gasteiger partial charge in [0.05, 0.1) is 16.0 Å². The normalized spacial score (nSPS) is 10.9. The zero-order chi connectivity index (χ0) is 16.2. The van der Waals surface area contributed by atoms with E-state index in [0.717, 1.165) is 16.0 Å². The maximum absolute atomic E-state index is 12.0. The first-order valence-electron chi connectivity index (χ1n) is 7.40. The highest BCUT2D eigenvalue weighted by Gasteiger charge is 2.08. The third-order valence-electron chi connectivity index (χ3n) is 3.41. The maximum atomic E-state index is 12.0. The van der Waals surface area contributed by atoms with Crippen molar-refractivity contribution in [1.82, 2.24) is 4.98 Å². The van der Waals surface area contributed by atoms with Gasteiger partial charge in [-0.3, -0.25) is 4.79 Å². The zero-order valence-electron chi connectivity index (χ0n) is 13.1. The fourth-order valence-corrected chi connectivity index (χ4v) is 3.95.